The first-order chi connectivity index (χ1) is 17.6. The van der Waals surface area contributed by atoms with Gasteiger partial charge >= 0.3 is 17.9 Å². The highest BCUT2D eigenvalue weighted by atomic mass is 16.7. The summed E-state index contributed by atoms with van der Waals surface area (Å²) in [6, 6.07) is 24.8. The maximum atomic E-state index is 13.2. The molecule has 192 valence electrons. The third-order valence-corrected chi connectivity index (χ3v) is 6.91. The lowest BCUT2D eigenvalue weighted by Gasteiger charge is -2.44. The molecule has 3 aromatic rings. The molecule has 4 atom stereocenters. The summed E-state index contributed by atoms with van der Waals surface area (Å²) in [6.07, 6.45) is -1.71. The van der Waals surface area contributed by atoms with E-state index in [0.29, 0.717) is 5.56 Å². The first-order valence-corrected chi connectivity index (χ1v) is 11.7. The maximum Gasteiger partial charge on any atom is 0.339 e. The molecule has 1 aliphatic heterocycles. The van der Waals surface area contributed by atoms with Crippen LogP contribution in [0.25, 0.3) is 0 Å². The topological polar surface area (TPSA) is 108 Å². The fraction of sp³-hybridized carbons (Fsp3) is 0.276. The molecule has 1 aliphatic rings. The minimum Gasteiger partial charge on any atom is -0.459 e. The van der Waals surface area contributed by atoms with Gasteiger partial charge < -0.3 is 24.1 Å². The molecule has 0 aromatic heterocycles. The van der Waals surface area contributed by atoms with Gasteiger partial charge in [-0.05, 0) is 57.2 Å². The van der Waals surface area contributed by atoms with Gasteiger partial charge in [-0.3, -0.25) is 0 Å². The molecular weight excluding hydrogens is 476 g/mol. The molecule has 1 fully saturated rings. The molecule has 1 heterocycles. The van der Waals surface area contributed by atoms with Crippen LogP contribution in [0.5, 0.6) is 0 Å². The molecule has 0 spiro atoms. The first kappa shape index (κ1) is 26.1. The second kappa shape index (κ2) is 10.2. The number of benzene rings is 3. The normalized spacial score (nSPS) is 26.8. The molecule has 0 bridgehead atoms. The van der Waals surface area contributed by atoms with Crippen LogP contribution in [0.15, 0.2) is 91.0 Å². The largest absolute Gasteiger partial charge is 0.459 e. The second-order valence-corrected chi connectivity index (χ2v) is 9.29. The summed E-state index contributed by atoms with van der Waals surface area (Å²) in [6.45, 7) is 4.02. The van der Waals surface area contributed by atoms with Gasteiger partial charge in [0.15, 0.2) is 11.9 Å². The van der Waals surface area contributed by atoms with Crippen LogP contribution in [-0.2, 0) is 18.9 Å². The summed E-state index contributed by atoms with van der Waals surface area (Å²) in [5.41, 5.74) is -4.49. The minimum atomic E-state index is -1.88. The van der Waals surface area contributed by atoms with E-state index in [1.165, 1.54) is 20.8 Å². The molecule has 1 saturated heterocycles. The molecule has 37 heavy (non-hydrogen) atoms. The van der Waals surface area contributed by atoms with Gasteiger partial charge in [0.05, 0.1) is 16.7 Å². The van der Waals surface area contributed by atoms with Crippen molar-refractivity contribution in [2.75, 3.05) is 6.61 Å². The number of esters is 3. The monoisotopic (exact) mass is 504 g/mol. The van der Waals surface area contributed by atoms with E-state index in [2.05, 4.69) is 0 Å². The quantitative estimate of drug-likeness (QED) is 0.377. The van der Waals surface area contributed by atoms with Crippen molar-refractivity contribution >= 4 is 17.9 Å². The molecule has 8 nitrogen and oxygen atoms in total. The Morgan fingerprint density at radius 1 is 0.703 bits per heavy atom. The number of hydrogen-bond donors (Lipinski definition) is 1. The van der Waals surface area contributed by atoms with E-state index >= 15 is 0 Å². The van der Waals surface area contributed by atoms with Crippen molar-refractivity contribution in [1.82, 2.24) is 0 Å². The zero-order chi connectivity index (χ0) is 26.7. The van der Waals surface area contributed by atoms with E-state index in [1.807, 2.05) is 0 Å². The highest BCUT2D eigenvalue weighted by Gasteiger charge is 2.73. The summed E-state index contributed by atoms with van der Waals surface area (Å²) >= 11 is 0. The van der Waals surface area contributed by atoms with Crippen molar-refractivity contribution in [2.45, 2.75) is 43.9 Å². The van der Waals surface area contributed by atoms with Crippen molar-refractivity contribution in [2.24, 2.45) is 0 Å². The molecule has 1 N–H and O–H groups in total. The average Bonchev–Trinajstić information content (AvgIpc) is 3.05. The first-order valence-electron chi connectivity index (χ1n) is 11.7. The Bertz CT molecular complexity index is 1260. The Labute approximate surface area is 214 Å². The Hall–Kier alpha value is -4.01. The smallest absolute Gasteiger partial charge is 0.339 e. The minimum absolute atomic E-state index is 0.233. The van der Waals surface area contributed by atoms with Gasteiger partial charge in [0.1, 0.15) is 12.2 Å². The second-order valence-electron chi connectivity index (χ2n) is 9.29. The van der Waals surface area contributed by atoms with Crippen LogP contribution in [-0.4, -0.2) is 52.7 Å². The highest BCUT2D eigenvalue weighted by Crippen LogP contribution is 2.51. The molecule has 3 aromatic carbocycles. The lowest BCUT2D eigenvalue weighted by molar-refractivity contribution is -0.187. The van der Waals surface area contributed by atoms with Gasteiger partial charge in [-0.1, -0.05) is 54.6 Å². The summed E-state index contributed by atoms with van der Waals surface area (Å²) in [4.78, 5) is 38.9. The third kappa shape index (κ3) is 4.85. The van der Waals surface area contributed by atoms with E-state index in [0.717, 1.165) is 0 Å². The molecule has 4 rings (SSSR count). The van der Waals surface area contributed by atoms with Gasteiger partial charge in [0.25, 0.3) is 0 Å². The summed E-state index contributed by atoms with van der Waals surface area (Å²) < 4.78 is 23.2. The Balaban J connectivity index is 1.68. The lowest BCUT2D eigenvalue weighted by atomic mass is 9.75. The van der Waals surface area contributed by atoms with Crippen LogP contribution in [0, 0.1) is 0 Å². The number of aliphatic hydroxyl groups excluding tert-OH is 1. The van der Waals surface area contributed by atoms with Crippen LogP contribution < -0.4 is 0 Å². The summed E-state index contributed by atoms with van der Waals surface area (Å²) in [5, 5.41) is 11.0. The zero-order valence-electron chi connectivity index (χ0n) is 20.7. The van der Waals surface area contributed by atoms with Gasteiger partial charge in [0.2, 0.25) is 5.60 Å². The highest BCUT2D eigenvalue weighted by molar-refractivity contribution is 5.91. The van der Waals surface area contributed by atoms with E-state index in [9.17, 15) is 19.5 Å². The SMILES string of the molecule is CC1(COC(=O)c2ccccc2)OC(O)C(C)(OC(=O)c2ccccc2)C1(C)OC(=O)c1ccccc1. The number of ether oxygens (including phenoxy) is 4. The zero-order valence-corrected chi connectivity index (χ0v) is 20.7. The van der Waals surface area contributed by atoms with Crippen molar-refractivity contribution in [3.63, 3.8) is 0 Å². The van der Waals surface area contributed by atoms with Crippen molar-refractivity contribution in [1.29, 1.82) is 0 Å². The Morgan fingerprint density at radius 2 is 1.11 bits per heavy atom. The van der Waals surface area contributed by atoms with Gasteiger partial charge in [-0.25, -0.2) is 14.4 Å². The molecule has 4 unspecified atom stereocenters. The number of rotatable bonds is 7. The summed E-state index contributed by atoms with van der Waals surface area (Å²) in [7, 11) is 0. The molecular formula is C29H28O8. The van der Waals surface area contributed by atoms with Gasteiger partial charge in [-0.2, -0.15) is 0 Å². The Morgan fingerprint density at radius 3 is 1.57 bits per heavy atom. The van der Waals surface area contributed by atoms with Crippen LogP contribution in [0.4, 0.5) is 0 Å². The number of carbonyl (C=O) groups is 3. The van der Waals surface area contributed by atoms with Gasteiger partial charge in [-0.15, -0.1) is 0 Å². The number of carbonyl (C=O) groups excluding carboxylic acids is 3. The third-order valence-electron chi connectivity index (χ3n) is 6.91. The average molecular weight is 505 g/mol. The maximum absolute atomic E-state index is 13.2. The molecule has 0 saturated carbocycles. The van der Waals surface area contributed by atoms with Crippen LogP contribution in [0.3, 0.4) is 0 Å². The van der Waals surface area contributed by atoms with E-state index < -0.39 is 47.6 Å². The van der Waals surface area contributed by atoms with Crippen LogP contribution >= 0.6 is 0 Å². The Kier molecular flexibility index (Phi) is 7.16. The fourth-order valence-electron chi connectivity index (χ4n) is 4.27. The lowest BCUT2D eigenvalue weighted by Crippen LogP contribution is -2.64. The van der Waals surface area contributed by atoms with Crippen molar-refractivity contribution in [3.8, 4) is 0 Å². The number of aliphatic hydroxyl groups is 1. The molecule has 0 amide bonds. The van der Waals surface area contributed by atoms with E-state index in [-0.39, 0.29) is 11.1 Å². The summed E-state index contributed by atoms with van der Waals surface area (Å²) in [5.74, 6) is -2.12. The van der Waals surface area contributed by atoms with Crippen LogP contribution in [0.1, 0.15) is 51.8 Å². The predicted molar refractivity (Wildman–Crippen MR) is 133 cm³/mol. The van der Waals surface area contributed by atoms with Gasteiger partial charge in [0, 0.05) is 0 Å². The van der Waals surface area contributed by atoms with E-state index in [1.54, 1.807) is 91.0 Å². The van der Waals surface area contributed by atoms with Crippen molar-refractivity contribution in [3.05, 3.63) is 108 Å². The standard InChI is InChI=1S/C29H28O8/c1-27(19-34-23(30)20-13-7-4-8-14-20)29(3,36-25(32)22-17-11-6-12-18-22)28(2,26(33)37-27)35-24(31)21-15-9-5-10-16-21/h4-18,26,33H,19H2,1-3H3. The molecule has 0 aliphatic carbocycles. The van der Waals surface area contributed by atoms with E-state index in [4.69, 9.17) is 18.9 Å². The van der Waals surface area contributed by atoms with Crippen LogP contribution in [0.2, 0.25) is 0 Å². The number of hydrogen-bond acceptors (Lipinski definition) is 8. The molecule has 8 heteroatoms. The fourth-order valence-corrected chi connectivity index (χ4v) is 4.27. The van der Waals surface area contributed by atoms with Crippen molar-refractivity contribution < 1.29 is 38.4 Å². The molecule has 0 radical (unpaired) electrons. The predicted octanol–water partition coefficient (Wildman–Crippen LogP) is 4.18.